The van der Waals surface area contributed by atoms with Crippen LogP contribution in [0.4, 0.5) is 0 Å². The van der Waals surface area contributed by atoms with Gasteiger partial charge in [0, 0.05) is 6.92 Å². The number of ether oxygens (including phenoxy) is 1. The van der Waals surface area contributed by atoms with Crippen molar-refractivity contribution in [2.24, 2.45) is 0 Å². The first-order valence-electron chi connectivity index (χ1n) is 4.97. The van der Waals surface area contributed by atoms with Crippen LogP contribution >= 0.6 is 0 Å². The van der Waals surface area contributed by atoms with E-state index in [1.165, 1.54) is 6.92 Å². The summed E-state index contributed by atoms with van der Waals surface area (Å²) in [7, 11) is -3.32. The Balaban J connectivity index is 2.26. The third-order valence-corrected chi connectivity index (χ3v) is 4.83. The van der Waals surface area contributed by atoms with Crippen molar-refractivity contribution in [3.8, 4) is 0 Å². The molecule has 16 heavy (non-hydrogen) atoms. The predicted molar refractivity (Wildman–Crippen MR) is 57.8 cm³/mol. The zero-order valence-electron chi connectivity index (χ0n) is 8.84. The standard InChI is InChI=1S/C11H12O4S/c1-8(12)15-7-10-6-9-4-2-3-5-11(9)16(10,13)14/h2-5,10H,6-7H2,1H3. The largest absolute Gasteiger partial charge is 0.464 e. The van der Waals surface area contributed by atoms with Crippen LogP contribution in [0.3, 0.4) is 0 Å². The van der Waals surface area contributed by atoms with E-state index in [4.69, 9.17) is 4.74 Å². The highest BCUT2D eigenvalue weighted by Gasteiger charge is 2.37. The van der Waals surface area contributed by atoms with Gasteiger partial charge in [0.25, 0.3) is 0 Å². The molecule has 1 heterocycles. The Kier molecular flexibility index (Phi) is 2.71. The number of rotatable bonds is 2. The number of benzene rings is 1. The highest BCUT2D eigenvalue weighted by atomic mass is 32.2. The van der Waals surface area contributed by atoms with Crippen molar-refractivity contribution in [3.63, 3.8) is 0 Å². The molecular weight excluding hydrogens is 228 g/mol. The molecule has 0 N–H and O–H groups in total. The molecule has 0 aliphatic carbocycles. The molecule has 86 valence electrons. The van der Waals surface area contributed by atoms with Crippen LogP contribution in [-0.4, -0.2) is 26.2 Å². The number of fused-ring (bicyclic) bond motifs is 1. The van der Waals surface area contributed by atoms with Gasteiger partial charge < -0.3 is 4.74 Å². The monoisotopic (exact) mass is 240 g/mol. The summed E-state index contributed by atoms with van der Waals surface area (Å²) in [6, 6.07) is 6.90. The van der Waals surface area contributed by atoms with Gasteiger partial charge in [-0.3, -0.25) is 4.79 Å². The minimum Gasteiger partial charge on any atom is -0.464 e. The summed E-state index contributed by atoms with van der Waals surface area (Å²) in [5, 5.41) is -0.631. The average Bonchev–Trinajstić information content (AvgIpc) is 2.48. The smallest absolute Gasteiger partial charge is 0.302 e. The van der Waals surface area contributed by atoms with Crippen molar-refractivity contribution in [1.82, 2.24) is 0 Å². The molecule has 5 heteroatoms. The molecule has 0 bridgehead atoms. The fraction of sp³-hybridized carbons (Fsp3) is 0.364. The number of carbonyl (C=O) groups is 1. The Morgan fingerprint density at radius 3 is 2.75 bits per heavy atom. The zero-order valence-corrected chi connectivity index (χ0v) is 9.66. The number of hydrogen-bond acceptors (Lipinski definition) is 4. The van der Waals surface area contributed by atoms with E-state index in [0.717, 1.165) is 5.56 Å². The lowest BCUT2D eigenvalue weighted by atomic mass is 10.1. The van der Waals surface area contributed by atoms with Crippen molar-refractivity contribution in [2.75, 3.05) is 6.61 Å². The van der Waals surface area contributed by atoms with E-state index in [0.29, 0.717) is 11.3 Å². The zero-order chi connectivity index (χ0) is 11.8. The minimum atomic E-state index is -3.32. The van der Waals surface area contributed by atoms with Crippen molar-refractivity contribution < 1.29 is 17.9 Å². The Bertz CT molecular complexity index is 519. The van der Waals surface area contributed by atoms with E-state index in [9.17, 15) is 13.2 Å². The SMILES string of the molecule is CC(=O)OCC1Cc2ccccc2S1(=O)=O. The van der Waals surface area contributed by atoms with E-state index in [1.807, 2.05) is 6.07 Å². The second kappa shape index (κ2) is 3.90. The van der Waals surface area contributed by atoms with Gasteiger partial charge in [0.05, 0.1) is 4.90 Å². The van der Waals surface area contributed by atoms with Crippen molar-refractivity contribution in [2.45, 2.75) is 23.5 Å². The van der Waals surface area contributed by atoms with E-state index in [-0.39, 0.29) is 6.61 Å². The molecule has 1 aromatic carbocycles. The van der Waals surface area contributed by atoms with Crippen LogP contribution in [-0.2, 0) is 25.8 Å². The second-order valence-corrected chi connectivity index (χ2v) is 5.98. The summed E-state index contributed by atoms with van der Waals surface area (Å²) in [5.41, 5.74) is 0.805. The summed E-state index contributed by atoms with van der Waals surface area (Å²) >= 11 is 0. The Morgan fingerprint density at radius 1 is 1.44 bits per heavy atom. The Labute approximate surface area is 94.2 Å². The molecular formula is C11H12O4S. The van der Waals surface area contributed by atoms with Crippen LogP contribution in [0.2, 0.25) is 0 Å². The highest BCUT2D eigenvalue weighted by Crippen LogP contribution is 2.30. The van der Waals surface area contributed by atoms with E-state index < -0.39 is 21.1 Å². The molecule has 0 spiro atoms. The first-order valence-corrected chi connectivity index (χ1v) is 6.51. The maximum atomic E-state index is 12.0. The molecule has 1 aromatic rings. The normalized spacial score (nSPS) is 21.4. The van der Waals surface area contributed by atoms with Gasteiger partial charge in [0.2, 0.25) is 0 Å². The average molecular weight is 240 g/mol. The van der Waals surface area contributed by atoms with E-state index >= 15 is 0 Å². The third kappa shape index (κ3) is 1.82. The van der Waals surface area contributed by atoms with Gasteiger partial charge in [-0.05, 0) is 18.1 Å². The van der Waals surface area contributed by atoms with Gasteiger partial charge in [-0.2, -0.15) is 0 Å². The maximum Gasteiger partial charge on any atom is 0.302 e. The maximum absolute atomic E-state index is 12.0. The van der Waals surface area contributed by atoms with Crippen LogP contribution in [0.1, 0.15) is 12.5 Å². The number of esters is 1. The highest BCUT2D eigenvalue weighted by molar-refractivity contribution is 7.92. The molecule has 0 aromatic heterocycles. The van der Waals surface area contributed by atoms with Crippen LogP contribution in [0.5, 0.6) is 0 Å². The number of sulfone groups is 1. The van der Waals surface area contributed by atoms with Gasteiger partial charge in [-0.1, -0.05) is 18.2 Å². The molecule has 1 unspecified atom stereocenters. The molecule has 2 rings (SSSR count). The quantitative estimate of drug-likeness (QED) is 0.722. The van der Waals surface area contributed by atoms with Crippen LogP contribution in [0.25, 0.3) is 0 Å². The van der Waals surface area contributed by atoms with Gasteiger partial charge in [-0.15, -0.1) is 0 Å². The summed E-state index contributed by atoms with van der Waals surface area (Å²) in [5.74, 6) is -0.453. The Morgan fingerprint density at radius 2 is 2.12 bits per heavy atom. The second-order valence-electron chi connectivity index (χ2n) is 3.78. The predicted octanol–water partition coefficient (Wildman–Crippen LogP) is 0.948. The van der Waals surface area contributed by atoms with Gasteiger partial charge in [0.1, 0.15) is 11.9 Å². The minimum absolute atomic E-state index is 0.0631. The summed E-state index contributed by atoms with van der Waals surface area (Å²) in [4.78, 5) is 11.0. The molecule has 0 radical (unpaired) electrons. The third-order valence-electron chi connectivity index (χ3n) is 2.64. The fourth-order valence-electron chi connectivity index (χ4n) is 1.84. The van der Waals surface area contributed by atoms with Gasteiger partial charge in [-0.25, -0.2) is 8.42 Å². The van der Waals surface area contributed by atoms with Crippen LogP contribution in [0.15, 0.2) is 29.2 Å². The van der Waals surface area contributed by atoms with Crippen LogP contribution < -0.4 is 0 Å². The van der Waals surface area contributed by atoms with E-state index in [1.54, 1.807) is 18.2 Å². The molecule has 0 fully saturated rings. The van der Waals surface area contributed by atoms with Crippen LogP contribution in [0, 0.1) is 0 Å². The number of hydrogen-bond donors (Lipinski definition) is 0. The fourth-order valence-corrected chi connectivity index (χ4v) is 3.63. The molecule has 1 aliphatic rings. The molecule has 1 atom stereocenters. The van der Waals surface area contributed by atoms with Gasteiger partial charge in [0.15, 0.2) is 9.84 Å². The van der Waals surface area contributed by atoms with Crippen molar-refractivity contribution >= 4 is 15.8 Å². The van der Waals surface area contributed by atoms with Crippen molar-refractivity contribution in [1.29, 1.82) is 0 Å². The molecule has 0 amide bonds. The lowest BCUT2D eigenvalue weighted by molar-refractivity contribution is -0.140. The lowest BCUT2D eigenvalue weighted by Crippen LogP contribution is -2.24. The van der Waals surface area contributed by atoms with Crippen molar-refractivity contribution in [3.05, 3.63) is 29.8 Å². The summed E-state index contributed by atoms with van der Waals surface area (Å²) in [6.07, 6.45) is 0.422. The molecule has 4 nitrogen and oxygen atoms in total. The topological polar surface area (TPSA) is 60.4 Å². The summed E-state index contributed by atoms with van der Waals surface area (Å²) in [6.45, 7) is 1.21. The lowest BCUT2D eigenvalue weighted by Gasteiger charge is -2.08. The van der Waals surface area contributed by atoms with Gasteiger partial charge >= 0.3 is 5.97 Å². The molecule has 1 aliphatic heterocycles. The first kappa shape index (κ1) is 11.1. The Hall–Kier alpha value is -1.36. The van der Waals surface area contributed by atoms with E-state index in [2.05, 4.69) is 0 Å². The molecule has 0 saturated carbocycles. The molecule has 0 saturated heterocycles. The number of carbonyl (C=O) groups excluding carboxylic acids is 1. The first-order chi connectivity index (χ1) is 7.51. The summed E-state index contributed by atoms with van der Waals surface area (Å²) < 4.78 is 28.8.